The van der Waals surface area contributed by atoms with Crippen molar-refractivity contribution in [2.45, 2.75) is 38.1 Å². The first kappa shape index (κ1) is 10.3. The number of carbonyl (C=O) groups excluding carboxylic acids is 1. The first-order chi connectivity index (χ1) is 6.96. The summed E-state index contributed by atoms with van der Waals surface area (Å²) in [6.07, 6.45) is 3.34. The number of aliphatic carboxylic acids is 1. The van der Waals surface area contributed by atoms with E-state index >= 15 is 0 Å². The van der Waals surface area contributed by atoms with Crippen LogP contribution in [0.3, 0.4) is 0 Å². The summed E-state index contributed by atoms with van der Waals surface area (Å²) < 4.78 is 0. The number of carbonyl (C=O) groups is 2. The molecule has 2 aliphatic rings. The van der Waals surface area contributed by atoms with Crippen LogP contribution in [0.4, 0.5) is 4.79 Å². The van der Waals surface area contributed by atoms with Crippen molar-refractivity contribution in [2.24, 2.45) is 5.41 Å². The molecular formula is C10H16N2O3. The second kappa shape index (κ2) is 3.12. The van der Waals surface area contributed by atoms with Gasteiger partial charge in [-0.3, -0.25) is 0 Å². The second-order valence-corrected chi connectivity index (χ2v) is 5.01. The van der Waals surface area contributed by atoms with Crippen molar-refractivity contribution >= 4 is 12.0 Å². The Morgan fingerprint density at radius 1 is 1.27 bits per heavy atom. The van der Waals surface area contributed by atoms with Crippen LogP contribution in [0.1, 0.15) is 32.6 Å². The van der Waals surface area contributed by atoms with Crippen molar-refractivity contribution in [1.82, 2.24) is 10.6 Å². The van der Waals surface area contributed by atoms with Crippen molar-refractivity contribution in [3.63, 3.8) is 0 Å². The molecule has 5 nitrogen and oxygen atoms in total. The van der Waals surface area contributed by atoms with Crippen LogP contribution in [-0.2, 0) is 4.79 Å². The predicted octanol–water partition coefficient (Wildman–Crippen LogP) is 0.703. The van der Waals surface area contributed by atoms with Crippen LogP contribution in [0.15, 0.2) is 0 Å². The average Bonchev–Trinajstić information content (AvgIpc) is 3.02. The molecule has 2 fully saturated rings. The molecule has 0 saturated heterocycles. The molecule has 84 valence electrons. The van der Waals surface area contributed by atoms with Crippen LogP contribution in [-0.4, -0.2) is 29.2 Å². The minimum Gasteiger partial charge on any atom is -0.480 e. The monoisotopic (exact) mass is 212 g/mol. The van der Waals surface area contributed by atoms with Crippen LogP contribution < -0.4 is 10.6 Å². The largest absolute Gasteiger partial charge is 0.480 e. The van der Waals surface area contributed by atoms with Gasteiger partial charge in [0.1, 0.15) is 5.54 Å². The number of carboxylic acid groups (broad SMARTS) is 1. The van der Waals surface area contributed by atoms with Gasteiger partial charge in [0.05, 0.1) is 0 Å². The van der Waals surface area contributed by atoms with E-state index < -0.39 is 11.5 Å². The Morgan fingerprint density at radius 2 is 1.87 bits per heavy atom. The molecule has 15 heavy (non-hydrogen) atoms. The third-order valence-corrected chi connectivity index (χ3v) is 3.29. The molecule has 0 aromatic rings. The number of rotatable bonds is 4. The van der Waals surface area contributed by atoms with Crippen molar-refractivity contribution in [1.29, 1.82) is 0 Å². The highest BCUT2D eigenvalue weighted by Crippen LogP contribution is 2.44. The predicted molar refractivity (Wildman–Crippen MR) is 53.5 cm³/mol. The van der Waals surface area contributed by atoms with Gasteiger partial charge in [0.2, 0.25) is 0 Å². The fourth-order valence-electron chi connectivity index (χ4n) is 1.46. The van der Waals surface area contributed by atoms with Gasteiger partial charge in [-0.05, 0) is 31.1 Å². The van der Waals surface area contributed by atoms with Crippen molar-refractivity contribution < 1.29 is 14.7 Å². The van der Waals surface area contributed by atoms with Gasteiger partial charge in [0, 0.05) is 6.54 Å². The van der Waals surface area contributed by atoms with Gasteiger partial charge in [-0.15, -0.1) is 0 Å². The molecule has 2 saturated carbocycles. The van der Waals surface area contributed by atoms with Gasteiger partial charge in [0.15, 0.2) is 0 Å². The fraction of sp³-hybridized carbons (Fsp3) is 0.800. The number of nitrogens with one attached hydrogen (secondary N) is 2. The minimum absolute atomic E-state index is 0.247. The Kier molecular flexibility index (Phi) is 2.13. The summed E-state index contributed by atoms with van der Waals surface area (Å²) in [6.45, 7) is 2.74. The lowest BCUT2D eigenvalue weighted by molar-refractivity contribution is -0.140. The molecule has 2 rings (SSSR count). The first-order valence-electron chi connectivity index (χ1n) is 5.25. The van der Waals surface area contributed by atoms with Gasteiger partial charge >= 0.3 is 12.0 Å². The zero-order valence-corrected chi connectivity index (χ0v) is 8.80. The van der Waals surface area contributed by atoms with E-state index in [0.29, 0.717) is 19.4 Å². The maximum absolute atomic E-state index is 11.4. The summed E-state index contributed by atoms with van der Waals surface area (Å²) in [5, 5.41) is 14.1. The van der Waals surface area contributed by atoms with Gasteiger partial charge in [0.25, 0.3) is 0 Å². The van der Waals surface area contributed by atoms with E-state index in [0.717, 1.165) is 12.8 Å². The summed E-state index contributed by atoms with van der Waals surface area (Å²) in [5.74, 6) is -0.935. The lowest BCUT2D eigenvalue weighted by Gasteiger charge is -2.15. The highest BCUT2D eigenvalue weighted by Gasteiger charge is 2.51. The Balaban J connectivity index is 1.75. The zero-order valence-electron chi connectivity index (χ0n) is 8.80. The quantitative estimate of drug-likeness (QED) is 0.642. The van der Waals surface area contributed by atoms with Gasteiger partial charge in [-0.2, -0.15) is 0 Å². The Bertz CT molecular complexity index is 306. The Morgan fingerprint density at radius 3 is 2.27 bits per heavy atom. The van der Waals surface area contributed by atoms with Gasteiger partial charge < -0.3 is 15.7 Å². The molecule has 2 aliphatic carbocycles. The lowest BCUT2D eigenvalue weighted by Crippen LogP contribution is -2.48. The summed E-state index contributed by atoms with van der Waals surface area (Å²) in [7, 11) is 0. The zero-order chi connectivity index (χ0) is 11.1. The van der Waals surface area contributed by atoms with Crippen LogP contribution >= 0.6 is 0 Å². The molecule has 5 heteroatoms. The van der Waals surface area contributed by atoms with Crippen LogP contribution in [0.5, 0.6) is 0 Å². The molecule has 2 amide bonds. The molecule has 0 unspecified atom stereocenters. The summed E-state index contributed by atoms with van der Waals surface area (Å²) in [5.41, 5.74) is -0.730. The highest BCUT2D eigenvalue weighted by atomic mass is 16.4. The van der Waals surface area contributed by atoms with Crippen LogP contribution in [0.2, 0.25) is 0 Å². The van der Waals surface area contributed by atoms with Gasteiger partial charge in [-0.25, -0.2) is 9.59 Å². The molecule has 0 radical (unpaired) electrons. The van der Waals surface area contributed by atoms with E-state index in [1.54, 1.807) is 0 Å². The van der Waals surface area contributed by atoms with E-state index in [1.807, 2.05) is 0 Å². The Labute approximate surface area is 88.2 Å². The fourth-order valence-corrected chi connectivity index (χ4v) is 1.46. The SMILES string of the molecule is CC1(CNC(=O)NC2(C(=O)O)CC2)CC1. The van der Waals surface area contributed by atoms with Crippen molar-refractivity contribution in [3.05, 3.63) is 0 Å². The normalized spacial score (nSPS) is 24.1. The lowest BCUT2D eigenvalue weighted by atomic mass is 10.1. The third-order valence-electron chi connectivity index (χ3n) is 3.29. The summed E-state index contributed by atoms with van der Waals surface area (Å²) in [6, 6.07) is -0.358. The maximum Gasteiger partial charge on any atom is 0.329 e. The molecule has 0 aliphatic heterocycles. The second-order valence-electron chi connectivity index (χ2n) is 5.01. The van der Waals surface area contributed by atoms with Crippen molar-refractivity contribution in [3.8, 4) is 0 Å². The van der Waals surface area contributed by atoms with E-state index in [9.17, 15) is 9.59 Å². The van der Waals surface area contributed by atoms with E-state index in [1.165, 1.54) is 0 Å². The third kappa shape index (κ3) is 2.22. The molecule has 0 spiro atoms. The smallest absolute Gasteiger partial charge is 0.329 e. The first-order valence-corrected chi connectivity index (χ1v) is 5.25. The number of carboxylic acids is 1. The van der Waals surface area contributed by atoms with E-state index in [4.69, 9.17) is 5.11 Å². The molecule has 0 heterocycles. The number of amides is 2. The van der Waals surface area contributed by atoms with Crippen LogP contribution in [0, 0.1) is 5.41 Å². The topological polar surface area (TPSA) is 78.4 Å². The molecule has 0 aromatic carbocycles. The minimum atomic E-state index is -0.978. The molecule has 0 bridgehead atoms. The van der Waals surface area contributed by atoms with Gasteiger partial charge in [-0.1, -0.05) is 6.92 Å². The number of hydrogen-bond acceptors (Lipinski definition) is 2. The molecular weight excluding hydrogens is 196 g/mol. The van der Waals surface area contributed by atoms with E-state index in [-0.39, 0.29) is 11.4 Å². The molecule has 0 atom stereocenters. The average molecular weight is 212 g/mol. The molecule has 3 N–H and O–H groups in total. The van der Waals surface area contributed by atoms with E-state index in [2.05, 4.69) is 17.6 Å². The standard InChI is InChI=1S/C10H16N2O3/c1-9(2-3-9)6-11-8(15)12-10(4-5-10)7(13)14/h2-6H2,1H3,(H,13,14)(H2,11,12,15). The van der Waals surface area contributed by atoms with Crippen molar-refractivity contribution in [2.75, 3.05) is 6.54 Å². The maximum atomic E-state index is 11.4. The summed E-state index contributed by atoms with van der Waals surface area (Å²) >= 11 is 0. The Hall–Kier alpha value is -1.26. The number of hydrogen-bond donors (Lipinski definition) is 3. The number of urea groups is 1. The molecule has 0 aromatic heterocycles. The highest BCUT2D eigenvalue weighted by molar-refractivity contribution is 5.88. The van der Waals surface area contributed by atoms with Crippen LogP contribution in [0.25, 0.3) is 0 Å². The summed E-state index contributed by atoms with van der Waals surface area (Å²) in [4.78, 5) is 22.2.